The molecule has 0 fully saturated rings. The Morgan fingerprint density at radius 1 is 1.28 bits per heavy atom. The Bertz CT molecular complexity index is 385. The molecule has 1 aliphatic heterocycles. The molecule has 0 saturated heterocycles. The third kappa shape index (κ3) is 3.05. The first kappa shape index (κ1) is 13.4. The Hall–Kier alpha value is -1.02. The number of benzene rings is 1. The molecule has 2 heteroatoms. The van der Waals surface area contributed by atoms with E-state index in [0.29, 0.717) is 12.0 Å². The quantitative estimate of drug-likeness (QED) is 0.837. The second kappa shape index (κ2) is 6.24. The lowest BCUT2D eigenvalue weighted by Crippen LogP contribution is -2.29. The lowest BCUT2D eigenvalue weighted by Gasteiger charge is -2.21. The van der Waals surface area contributed by atoms with Gasteiger partial charge in [0, 0.05) is 12.5 Å². The van der Waals surface area contributed by atoms with Gasteiger partial charge in [-0.25, -0.2) is 0 Å². The summed E-state index contributed by atoms with van der Waals surface area (Å²) in [6, 6.07) is 6.93. The molecule has 1 aromatic carbocycles. The van der Waals surface area contributed by atoms with Crippen LogP contribution in [0.3, 0.4) is 0 Å². The van der Waals surface area contributed by atoms with Crippen LogP contribution in [0.2, 0.25) is 0 Å². The van der Waals surface area contributed by atoms with Crippen LogP contribution in [0.15, 0.2) is 18.2 Å². The molecule has 2 nitrogen and oxygen atoms in total. The molecule has 18 heavy (non-hydrogen) atoms. The van der Waals surface area contributed by atoms with E-state index in [1.165, 1.54) is 24.0 Å². The van der Waals surface area contributed by atoms with E-state index in [4.69, 9.17) is 10.5 Å². The lowest BCUT2D eigenvalue weighted by molar-refractivity contribution is 0.356. The molecule has 0 saturated carbocycles. The summed E-state index contributed by atoms with van der Waals surface area (Å²) in [7, 11) is 0. The minimum atomic E-state index is 0.338. The Morgan fingerprint density at radius 3 is 2.78 bits per heavy atom. The van der Waals surface area contributed by atoms with Crippen LogP contribution in [0, 0.1) is 5.92 Å². The predicted octanol–water partition coefficient (Wildman–Crippen LogP) is 3.32. The number of nitrogens with two attached hydrogens (primary N) is 1. The van der Waals surface area contributed by atoms with Crippen molar-refractivity contribution in [1.29, 1.82) is 0 Å². The van der Waals surface area contributed by atoms with Crippen LogP contribution in [-0.4, -0.2) is 12.6 Å². The molecule has 1 heterocycles. The highest BCUT2D eigenvalue weighted by Gasteiger charge is 2.15. The van der Waals surface area contributed by atoms with Gasteiger partial charge in [-0.05, 0) is 36.0 Å². The highest BCUT2D eigenvalue weighted by molar-refractivity contribution is 5.39. The molecule has 0 spiro atoms. The highest BCUT2D eigenvalue weighted by Crippen LogP contribution is 2.26. The van der Waals surface area contributed by atoms with E-state index in [0.717, 1.165) is 31.6 Å². The first-order chi connectivity index (χ1) is 8.74. The predicted molar refractivity (Wildman–Crippen MR) is 76.0 cm³/mol. The third-order valence-corrected chi connectivity index (χ3v) is 4.17. The molecule has 0 aromatic heterocycles. The summed E-state index contributed by atoms with van der Waals surface area (Å²) in [6.07, 6.45) is 5.62. The highest BCUT2D eigenvalue weighted by atomic mass is 16.5. The van der Waals surface area contributed by atoms with Crippen molar-refractivity contribution in [2.75, 3.05) is 6.61 Å². The zero-order valence-electron chi connectivity index (χ0n) is 11.6. The molecule has 0 amide bonds. The molecular weight excluding hydrogens is 222 g/mol. The van der Waals surface area contributed by atoms with E-state index in [9.17, 15) is 0 Å². The fourth-order valence-electron chi connectivity index (χ4n) is 2.86. The maximum Gasteiger partial charge on any atom is 0.122 e. The molecule has 1 atom stereocenters. The van der Waals surface area contributed by atoms with Crippen molar-refractivity contribution in [2.45, 2.75) is 52.0 Å². The van der Waals surface area contributed by atoms with E-state index in [1.54, 1.807) is 0 Å². The van der Waals surface area contributed by atoms with Gasteiger partial charge in [0.05, 0.1) is 6.61 Å². The molecule has 100 valence electrons. The van der Waals surface area contributed by atoms with Gasteiger partial charge in [-0.2, -0.15) is 0 Å². The second-order valence-electron chi connectivity index (χ2n) is 5.32. The van der Waals surface area contributed by atoms with Gasteiger partial charge in [-0.3, -0.25) is 0 Å². The summed E-state index contributed by atoms with van der Waals surface area (Å²) < 4.78 is 5.53. The summed E-state index contributed by atoms with van der Waals surface area (Å²) in [5.74, 6) is 1.74. The topological polar surface area (TPSA) is 35.2 Å². The monoisotopic (exact) mass is 247 g/mol. The molecule has 0 bridgehead atoms. The van der Waals surface area contributed by atoms with Gasteiger partial charge in [-0.1, -0.05) is 38.8 Å². The summed E-state index contributed by atoms with van der Waals surface area (Å²) in [5, 5.41) is 0. The van der Waals surface area contributed by atoms with Crippen molar-refractivity contribution >= 4 is 0 Å². The summed E-state index contributed by atoms with van der Waals surface area (Å²) in [5.41, 5.74) is 9.04. The Labute approximate surface area is 111 Å². The fourth-order valence-corrected chi connectivity index (χ4v) is 2.86. The van der Waals surface area contributed by atoms with Gasteiger partial charge >= 0.3 is 0 Å². The SMILES string of the molecule is CCC(CC)C(N)CCc1ccc2c(c1)CCO2. The number of hydrogen-bond acceptors (Lipinski definition) is 2. The number of ether oxygens (including phenoxy) is 1. The normalized spacial score (nSPS) is 15.6. The molecule has 1 unspecified atom stereocenters. The van der Waals surface area contributed by atoms with Crippen molar-refractivity contribution in [3.8, 4) is 5.75 Å². The second-order valence-corrected chi connectivity index (χ2v) is 5.32. The maximum absolute atomic E-state index is 6.27. The fraction of sp³-hybridized carbons (Fsp3) is 0.625. The van der Waals surface area contributed by atoms with E-state index in [2.05, 4.69) is 32.0 Å². The Kier molecular flexibility index (Phi) is 4.65. The van der Waals surface area contributed by atoms with E-state index in [1.807, 2.05) is 0 Å². The summed E-state index contributed by atoms with van der Waals surface area (Å²) in [6.45, 7) is 5.31. The summed E-state index contributed by atoms with van der Waals surface area (Å²) in [4.78, 5) is 0. The molecule has 1 aromatic rings. The van der Waals surface area contributed by atoms with Crippen molar-refractivity contribution < 1.29 is 4.74 Å². The van der Waals surface area contributed by atoms with Crippen LogP contribution in [0.4, 0.5) is 0 Å². The van der Waals surface area contributed by atoms with Gasteiger partial charge in [0.2, 0.25) is 0 Å². The van der Waals surface area contributed by atoms with Crippen molar-refractivity contribution in [3.63, 3.8) is 0 Å². The van der Waals surface area contributed by atoms with Gasteiger partial charge < -0.3 is 10.5 Å². The first-order valence-electron chi connectivity index (χ1n) is 7.24. The van der Waals surface area contributed by atoms with Crippen molar-refractivity contribution in [3.05, 3.63) is 29.3 Å². The largest absolute Gasteiger partial charge is 0.493 e. The van der Waals surface area contributed by atoms with Crippen LogP contribution in [0.5, 0.6) is 5.75 Å². The van der Waals surface area contributed by atoms with Crippen molar-refractivity contribution in [2.24, 2.45) is 11.7 Å². The minimum Gasteiger partial charge on any atom is -0.493 e. The van der Waals surface area contributed by atoms with Crippen LogP contribution in [0.1, 0.15) is 44.2 Å². The smallest absolute Gasteiger partial charge is 0.122 e. The Balaban J connectivity index is 1.90. The molecular formula is C16H25NO. The molecule has 0 aliphatic carbocycles. The number of hydrogen-bond donors (Lipinski definition) is 1. The lowest BCUT2D eigenvalue weighted by atomic mass is 9.90. The number of aryl methyl sites for hydroxylation is 1. The Morgan fingerprint density at radius 2 is 2.06 bits per heavy atom. The average Bonchev–Trinajstić information content (AvgIpc) is 2.85. The minimum absolute atomic E-state index is 0.338. The number of rotatable bonds is 6. The van der Waals surface area contributed by atoms with Gasteiger partial charge in [0.15, 0.2) is 0 Å². The molecule has 0 radical (unpaired) electrons. The maximum atomic E-state index is 6.27. The van der Waals surface area contributed by atoms with Crippen LogP contribution in [-0.2, 0) is 12.8 Å². The van der Waals surface area contributed by atoms with E-state index in [-0.39, 0.29) is 0 Å². The number of fused-ring (bicyclic) bond motifs is 1. The van der Waals surface area contributed by atoms with Gasteiger partial charge in [0.1, 0.15) is 5.75 Å². The zero-order valence-corrected chi connectivity index (χ0v) is 11.6. The van der Waals surface area contributed by atoms with Crippen molar-refractivity contribution in [1.82, 2.24) is 0 Å². The van der Waals surface area contributed by atoms with Crippen LogP contribution < -0.4 is 10.5 Å². The molecule has 2 N–H and O–H groups in total. The van der Waals surface area contributed by atoms with Gasteiger partial charge in [-0.15, -0.1) is 0 Å². The van der Waals surface area contributed by atoms with Crippen LogP contribution >= 0.6 is 0 Å². The van der Waals surface area contributed by atoms with Crippen LogP contribution in [0.25, 0.3) is 0 Å². The zero-order chi connectivity index (χ0) is 13.0. The van der Waals surface area contributed by atoms with Gasteiger partial charge in [0.25, 0.3) is 0 Å². The average molecular weight is 247 g/mol. The van der Waals surface area contributed by atoms with E-state index >= 15 is 0 Å². The summed E-state index contributed by atoms with van der Waals surface area (Å²) >= 11 is 0. The third-order valence-electron chi connectivity index (χ3n) is 4.17. The molecule has 2 rings (SSSR count). The first-order valence-corrected chi connectivity index (χ1v) is 7.24. The molecule has 1 aliphatic rings. The van der Waals surface area contributed by atoms with E-state index < -0.39 is 0 Å². The standard InChI is InChI=1S/C16H25NO/c1-3-13(4-2)15(17)7-5-12-6-8-16-14(11-12)9-10-18-16/h6,8,11,13,15H,3-5,7,9-10,17H2,1-2H3.